The molecule has 2 aromatic heterocycles. The molecule has 0 aliphatic rings. The minimum absolute atomic E-state index is 0.150. The second-order valence-corrected chi connectivity index (χ2v) is 6.00. The molecule has 0 fully saturated rings. The summed E-state index contributed by atoms with van der Waals surface area (Å²) in [7, 11) is 0. The lowest BCUT2D eigenvalue weighted by Gasteiger charge is -2.17. The summed E-state index contributed by atoms with van der Waals surface area (Å²) in [5.74, 6) is -0.566. The fraction of sp³-hybridized carbons (Fsp3) is 0.250. The minimum Gasteiger partial charge on any atom is -0.467 e. The number of aliphatic hydroxyl groups excluding tert-OH is 1. The maximum absolute atomic E-state index is 13.7. The largest absolute Gasteiger partial charge is 0.467 e. The number of hydrogen-bond acceptors (Lipinski definition) is 4. The van der Waals surface area contributed by atoms with Crippen LogP contribution in [-0.2, 0) is 0 Å². The van der Waals surface area contributed by atoms with Gasteiger partial charge in [-0.3, -0.25) is 4.79 Å². The topological polar surface area (TPSA) is 94.1 Å². The number of aromatic amines is 2. The summed E-state index contributed by atoms with van der Waals surface area (Å²) in [6.07, 6.45) is 0.904. The van der Waals surface area contributed by atoms with Crippen LogP contribution in [0.5, 0.6) is 0 Å². The number of carbonyl (C=O) groups is 1. The summed E-state index contributed by atoms with van der Waals surface area (Å²) in [4.78, 5) is 18.1. The number of amides is 1. The van der Waals surface area contributed by atoms with Gasteiger partial charge in [-0.1, -0.05) is 0 Å². The lowest BCUT2D eigenvalue weighted by atomic mass is 10.1. The standard InChI is InChI=1S/C16H16FN3O3S/c1-8(5-12(21)13-3-2-4-23-13)18-15(22)10-6-9(17)7-11-14(10)20-16(24)19-11/h2-4,6-8,12,21H,5H2,1H3,(H,18,22)(H2,19,20,24). The molecule has 6 nitrogen and oxygen atoms in total. The summed E-state index contributed by atoms with van der Waals surface area (Å²) in [5.41, 5.74) is 1.02. The molecule has 2 atom stereocenters. The van der Waals surface area contributed by atoms with Gasteiger partial charge in [0.2, 0.25) is 0 Å². The molecule has 3 rings (SSSR count). The molecular weight excluding hydrogens is 333 g/mol. The Balaban J connectivity index is 1.76. The predicted octanol–water partition coefficient (Wildman–Crippen LogP) is 3.20. The second kappa shape index (κ2) is 6.58. The normalized spacial score (nSPS) is 13.8. The van der Waals surface area contributed by atoms with Crippen LogP contribution in [0.3, 0.4) is 0 Å². The summed E-state index contributed by atoms with van der Waals surface area (Å²) >= 11 is 4.98. The molecule has 2 heterocycles. The first kappa shape index (κ1) is 16.4. The molecule has 0 bridgehead atoms. The lowest BCUT2D eigenvalue weighted by molar-refractivity contribution is 0.0904. The highest BCUT2D eigenvalue weighted by molar-refractivity contribution is 7.71. The summed E-state index contributed by atoms with van der Waals surface area (Å²) in [6, 6.07) is 5.40. The van der Waals surface area contributed by atoms with E-state index in [1.807, 2.05) is 0 Å². The Hall–Kier alpha value is -2.45. The third-order valence-corrected chi connectivity index (χ3v) is 3.86. The first-order valence-electron chi connectivity index (χ1n) is 7.38. The molecule has 0 spiro atoms. The van der Waals surface area contributed by atoms with Gasteiger partial charge in [0.1, 0.15) is 17.7 Å². The van der Waals surface area contributed by atoms with Crippen molar-refractivity contribution in [2.24, 2.45) is 0 Å². The number of aliphatic hydroxyl groups is 1. The van der Waals surface area contributed by atoms with E-state index in [1.54, 1.807) is 19.1 Å². The van der Waals surface area contributed by atoms with Crippen molar-refractivity contribution in [2.45, 2.75) is 25.5 Å². The van der Waals surface area contributed by atoms with E-state index < -0.39 is 17.8 Å². The summed E-state index contributed by atoms with van der Waals surface area (Å²) in [6.45, 7) is 1.75. The Labute approximate surface area is 141 Å². The van der Waals surface area contributed by atoms with Gasteiger partial charge in [0.25, 0.3) is 5.91 Å². The predicted molar refractivity (Wildman–Crippen MR) is 88.7 cm³/mol. The van der Waals surface area contributed by atoms with Crippen LogP contribution in [0.1, 0.15) is 35.6 Å². The van der Waals surface area contributed by atoms with Gasteiger partial charge in [0, 0.05) is 12.5 Å². The van der Waals surface area contributed by atoms with Crippen LogP contribution < -0.4 is 5.32 Å². The van der Waals surface area contributed by atoms with Crippen molar-refractivity contribution >= 4 is 29.2 Å². The number of benzene rings is 1. The van der Waals surface area contributed by atoms with Gasteiger partial charge in [-0.05, 0) is 43.4 Å². The molecule has 0 aliphatic carbocycles. The molecule has 0 saturated carbocycles. The SMILES string of the molecule is CC(CC(O)c1ccco1)NC(=O)c1cc(F)cc2[nH]c(=S)[nH]c12. The number of hydrogen-bond donors (Lipinski definition) is 4. The van der Waals surface area contributed by atoms with Crippen LogP contribution in [0.4, 0.5) is 4.39 Å². The zero-order chi connectivity index (χ0) is 17.3. The van der Waals surface area contributed by atoms with Crippen molar-refractivity contribution in [3.8, 4) is 0 Å². The number of halogens is 1. The number of furan rings is 1. The zero-order valence-corrected chi connectivity index (χ0v) is 13.6. The second-order valence-electron chi connectivity index (χ2n) is 5.60. The minimum atomic E-state index is -0.833. The van der Waals surface area contributed by atoms with Gasteiger partial charge in [-0.2, -0.15) is 0 Å². The van der Waals surface area contributed by atoms with E-state index in [0.29, 0.717) is 21.6 Å². The molecule has 126 valence electrons. The van der Waals surface area contributed by atoms with Crippen molar-refractivity contribution in [1.29, 1.82) is 0 Å². The quantitative estimate of drug-likeness (QED) is 0.532. The van der Waals surface area contributed by atoms with Crippen LogP contribution in [0.25, 0.3) is 11.0 Å². The molecular formula is C16H16FN3O3S. The Kier molecular flexibility index (Phi) is 4.50. The third kappa shape index (κ3) is 3.39. The smallest absolute Gasteiger partial charge is 0.253 e. The zero-order valence-electron chi connectivity index (χ0n) is 12.8. The van der Waals surface area contributed by atoms with E-state index >= 15 is 0 Å². The number of rotatable bonds is 5. The Morgan fingerprint density at radius 1 is 1.46 bits per heavy atom. The maximum Gasteiger partial charge on any atom is 0.253 e. The first-order chi connectivity index (χ1) is 11.4. The molecule has 4 N–H and O–H groups in total. The molecule has 8 heteroatoms. The van der Waals surface area contributed by atoms with Crippen molar-refractivity contribution in [3.05, 3.63) is 52.4 Å². The van der Waals surface area contributed by atoms with Crippen molar-refractivity contribution in [1.82, 2.24) is 15.3 Å². The van der Waals surface area contributed by atoms with Gasteiger partial charge in [-0.25, -0.2) is 4.39 Å². The van der Waals surface area contributed by atoms with Crippen molar-refractivity contribution < 1.29 is 18.7 Å². The fourth-order valence-electron chi connectivity index (χ4n) is 2.58. The highest BCUT2D eigenvalue weighted by atomic mass is 32.1. The number of aromatic nitrogens is 2. The van der Waals surface area contributed by atoms with Crippen LogP contribution in [0.15, 0.2) is 34.9 Å². The van der Waals surface area contributed by atoms with E-state index in [-0.39, 0.29) is 18.0 Å². The molecule has 0 aliphatic heterocycles. The van der Waals surface area contributed by atoms with Gasteiger partial charge in [-0.15, -0.1) is 0 Å². The van der Waals surface area contributed by atoms with Gasteiger partial charge in [0.15, 0.2) is 4.77 Å². The molecule has 3 aromatic rings. The van der Waals surface area contributed by atoms with Crippen LogP contribution in [0.2, 0.25) is 0 Å². The van der Waals surface area contributed by atoms with Gasteiger partial charge < -0.3 is 24.8 Å². The first-order valence-corrected chi connectivity index (χ1v) is 7.78. The molecule has 1 aromatic carbocycles. The van der Waals surface area contributed by atoms with Gasteiger partial charge >= 0.3 is 0 Å². The number of H-pyrrole nitrogens is 2. The van der Waals surface area contributed by atoms with Crippen LogP contribution in [-0.4, -0.2) is 27.0 Å². The number of nitrogens with one attached hydrogen (secondary N) is 3. The Morgan fingerprint density at radius 2 is 2.25 bits per heavy atom. The Bertz CT molecular complexity index is 916. The van der Waals surface area contributed by atoms with Crippen LogP contribution >= 0.6 is 12.2 Å². The summed E-state index contributed by atoms with van der Waals surface area (Å²) < 4.78 is 19.1. The van der Waals surface area contributed by atoms with E-state index in [2.05, 4.69) is 15.3 Å². The van der Waals surface area contributed by atoms with E-state index in [1.165, 1.54) is 12.3 Å². The lowest BCUT2D eigenvalue weighted by Crippen LogP contribution is -2.34. The number of fused-ring (bicyclic) bond motifs is 1. The molecule has 0 radical (unpaired) electrons. The monoisotopic (exact) mass is 349 g/mol. The average Bonchev–Trinajstić information content (AvgIpc) is 3.14. The highest BCUT2D eigenvalue weighted by Crippen LogP contribution is 2.20. The third-order valence-electron chi connectivity index (χ3n) is 3.66. The van der Waals surface area contributed by atoms with E-state index in [4.69, 9.17) is 16.6 Å². The Morgan fingerprint density at radius 3 is 2.96 bits per heavy atom. The van der Waals surface area contributed by atoms with Crippen LogP contribution in [0, 0.1) is 10.6 Å². The fourth-order valence-corrected chi connectivity index (χ4v) is 2.79. The van der Waals surface area contributed by atoms with Gasteiger partial charge in [0.05, 0.1) is 22.9 Å². The molecule has 0 saturated heterocycles. The highest BCUT2D eigenvalue weighted by Gasteiger charge is 2.19. The summed E-state index contributed by atoms with van der Waals surface area (Å²) in [5, 5.41) is 12.8. The number of carbonyl (C=O) groups excluding carboxylic acids is 1. The average molecular weight is 349 g/mol. The molecule has 1 amide bonds. The molecule has 24 heavy (non-hydrogen) atoms. The van der Waals surface area contributed by atoms with E-state index in [0.717, 1.165) is 6.07 Å². The maximum atomic E-state index is 13.7. The molecule has 2 unspecified atom stereocenters. The van der Waals surface area contributed by atoms with Crippen molar-refractivity contribution in [2.75, 3.05) is 0 Å². The van der Waals surface area contributed by atoms with E-state index in [9.17, 15) is 14.3 Å². The van der Waals surface area contributed by atoms with Crippen molar-refractivity contribution in [3.63, 3.8) is 0 Å². The number of imidazole rings is 1.